The van der Waals surface area contributed by atoms with Crippen molar-refractivity contribution in [3.8, 4) is 0 Å². The molecule has 1 aromatic rings. The summed E-state index contributed by atoms with van der Waals surface area (Å²) < 4.78 is 34.4. The van der Waals surface area contributed by atoms with E-state index in [4.69, 9.17) is 4.74 Å². The first-order valence-electron chi connectivity index (χ1n) is 8.48. The van der Waals surface area contributed by atoms with Crippen LogP contribution in [0.25, 0.3) is 0 Å². The molecule has 136 valence electrons. The zero-order valence-corrected chi connectivity index (χ0v) is 14.2. The Hall–Kier alpha value is -2.18. The van der Waals surface area contributed by atoms with E-state index in [0.717, 1.165) is 10.5 Å². The van der Waals surface area contributed by atoms with Crippen LogP contribution in [0.1, 0.15) is 25.3 Å². The molecule has 7 heteroatoms. The molecule has 0 N–H and O–H groups in total. The maximum absolute atomic E-state index is 14.6. The second kappa shape index (κ2) is 6.61. The van der Waals surface area contributed by atoms with Crippen LogP contribution in [0.3, 0.4) is 0 Å². The number of rotatable bonds is 3. The van der Waals surface area contributed by atoms with E-state index in [1.54, 1.807) is 19.1 Å². The molecular formula is C18H22F2N2O3. The van der Waals surface area contributed by atoms with Crippen LogP contribution < -0.4 is 0 Å². The smallest absolute Gasteiger partial charge is 0.410 e. The third-order valence-electron chi connectivity index (χ3n) is 5.13. The van der Waals surface area contributed by atoms with Crippen molar-refractivity contribution in [2.75, 3.05) is 26.2 Å². The van der Waals surface area contributed by atoms with Gasteiger partial charge in [0.15, 0.2) is 0 Å². The molecule has 0 aliphatic carbocycles. The number of piperidine rings is 1. The summed E-state index contributed by atoms with van der Waals surface area (Å²) in [6, 6.07) is 9.10. The number of carbonyl (C=O) groups is 2. The molecule has 0 atom stereocenters. The molecule has 1 spiro atoms. The lowest BCUT2D eigenvalue weighted by atomic mass is 9.69. The van der Waals surface area contributed by atoms with Crippen molar-refractivity contribution >= 4 is 12.0 Å². The number of likely N-dealkylation sites (tertiary alicyclic amines) is 2. The topological polar surface area (TPSA) is 49.9 Å². The van der Waals surface area contributed by atoms with Gasteiger partial charge in [-0.25, -0.2) is 13.6 Å². The predicted molar refractivity (Wildman–Crippen MR) is 87.1 cm³/mol. The summed E-state index contributed by atoms with van der Waals surface area (Å²) >= 11 is 0. The molecule has 25 heavy (non-hydrogen) atoms. The van der Waals surface area contributed by atoms with Crippen molar-refractivity contribution in [2.45, 2.75) is 32.3 Å². The lowest BCUT2D eigenvalue weighted by Crippen LogP contribution is -2.71. The predicted octanol–water partition coefficient (Wildman–Crippen LogP) is 2.90. The van der Waals surface area contributed by atoms with Gasteiger partial charge in [0, 0.05) is 26.1 Å². The number of halogens is 2. The average molecular weight is 352 g/mol. The Kier molecular flexibility index (Phi) is 4.67. The largest absolute Gasteiger partial charge is 0.445 e. The second-order valence-electron chi connectivity index (χ2n) is 6.80. The van der Waals surface area contributed by atoms with E-state index in [9.17, 15) is 18.4 Å². The van der Waals surface area contributed by atoms with Gasteiger partial charge in [0.1, 0.15) is 6.61 Å². The van der Waals surface area contributed by atoms with Crippen LogP contribution in [0.5, 0.6) is 0 Å². The van der Waals surface area contributed by atoms with Gasteiger partial charge in [0.25, 0.3) is 5.92 Å². The van der Waals surface area contributed by atoms with Gasteiger partial charge in [-0.15, -0.1) is 0 Å². The second-order valence-corrected chi connectivity index (χ2v) is 6.80. The Morgan fingerprint density at radius 3 is 2.40 bits per heavy atom. The summed E-state index contributed by atoms with van der Waals surface area (Å²) in [6.45, 7) is 1.48. The summed E-state index contributed by atoms with van der Waals surface area (Å²) in [5.74, 6) is -3.13. The number of carbonyl (C=O) groups excluding carboxylic acids is 2. The highest BCUT2D eigenvalue weighted by Gasteiger charge is 2.63. The first-order chi connectivity index (χ1) is 11.9. The number of alkyl halides is 2. The van der Waals surface area contributed by atoms with Gasteiger partial charge >= 0.3 is 6.09 Å². The molecule has 5 nitrogen and oxygen atoms in total. The van der Waals surface area contributed by atoms with Crippen molar-refractivity contribution in [2.24, 2.45) is 5.41 Å². The number of amides is 2. The zero-order valence-electron chi connectivity index (χ0n) is 14.2. The fourth-order valence-corrected chi connectivity index (χ4v) is 3.46. The van der Waals surface area contributed by atoms with Crippen molar-refractivity contribution < 1.29 is 23.1 Å². The number of benzene rings is 1. The molecule has 0 unspecified atom stereocenters. The summed E-state index contributed by atoms with van der Waals surface area (Å²) in [7, 11) is 0. The number of ether oxygens (including phenoxy) is 1. The molecular weight excluding hydrogens is 330 g/mol. The monoisotopic (exact) mass is 352 g/mol. The van der Waals surface area contributed by atoms with E-state index in [2.05, 4.69) is 0 Å². The summed E-state index contributed by atoms with van der Waals surface area (Å²) in [4.78, 5) is 26.3. The molecule has 0 radical (unpaired) electrons. The number of hydrogen-bond acceptors (Lipinski definition) is 3. The SMILES string of the molecule is CCC(=O)N1CC2(CCN(C(=O)OCc3ccccc3)CC2(F)F)C1. The van der Waals surface area contributed by atoms with Crippen LogP contribution in [-0.2, 0) is 16.1 Å². The third-order valence-corrected chi connectivity index (χ3v) is 5.13. The molecule has 3 rings (SSSR count). The van der Waals surface area contributed by atoms with Crippen molar-refractivity contribution in [3.05, 3.63) is 35.9 Å². The van der Waals surface area contributed by atoms with Gasteiger partial charge < -0.3 is 14.5 Å². The van der Waals surface area contributed by atoms with Crippen LogP contribution in [-0.4, -0.2) is 53.9 Å². The molecule has 2 heterocycles. The van der Waals surface area contributed by atoms with Gasteiger partial charge in [-0.1, -0.05) is 37.3 Å². The molecule has 2 aliphatic heterocycles. The highest BCUT2D eigenvalue weighted by Crippen LogP contribution is 2.50. The van der Waals surface area contributed by atoms with E-state index < -0.39 is 24.0 Å². The lowest BCUT2D eigenvalue weighted by Gasteiger charge is -2.57. The van der Waals surface area contributed by atoms with Crippen LogP contribution in [0.15, 0.2) is 30.3 Å². The fraction of sp³-hybridized carbons (Fsp3) is 0.556. The van der Waals surface area contributed by atoms with Crippen molar-refractivity contribution in [3.63, 3.8) is 0 Å². The molecule has 2 fully saturated rings. The van der Waals surface area contributed by atoms with E-state index in [1.807, 2.05) is 18.2 Å². The fourth-order valence-electron chi connectivity index (χ4n) is 3.46. The van der Waals surface area contributed by atoms with E-state index in [0.29, 0.717) is 6.42 Å². The minimum Gasteiger partial charge on any atom is -0.445 e. The molecule has 2 saturated heterocycles. The number of hydrogen-bond donors (Lipinski definition) is 0. The minimum atomic E-state index is -3.03. The first kappa shape index (κ1) is 17.6. The molecule has 0 bridgehead atoms. The van der Waals surface area contributed by atoms with Crippen LogP contribution in [0.2, 0.25) is 0 Å². The zero-order chi connectivity index (χ0) is 18.1. The summed E-state index contributed by atoms with van der Waals surface area (Å²) in [5.41, 5.74) is -0.391. The van der Waals surface area contributed by atoms with Gasteiger partial charge in [-0.3, -0.25) is 4.79 Å². The van der Waals surface area contributed by atoms with Gasteiger partial charge in [0.2, 0.25) is 5.91 Å². The Bertz CT molecular complexity index is 645. The summed E-state index contributed by atoms with van der Waals surface area (Å²) in [6.07, 6.45) is -0.229. The Morgan fingerprint density at radius 2 is 1.80 bits per heavy atom. The van der Waals surface area contributed by atoms with Gasteiger partial charge in [0.05, 0.1) is 12.0 Å². The normalized spacial score (nSPS) is 20.9. The van der Waals surface area contributed by atoms with Crippen molar-refractivity contribution in [1.82, 2.24) is 9.80 Å². The average Bonchev–Trinajstić information content (AvgIpc) is 2.57. The molecule has 2 amide bonds. The quantitative estimate of drug-likeness (QED) is 0.840. The molecule has 2 aliphatic rings. The standard InChI is InChI=1S/C18H22F2N2O3/c1-2-15(23)22-11-17(12-22)8-9-21(13-18(17,19)20)16(24)25-10-14-6-4-3-5-7-14/h3-7H,2,8-13H2,1H3. The maximum atomic E-state index is 14.6. The minimum absolute atomic E-state index is 0.0612. The molecule has 1 aromatic carbocycles. The highest BCUT2D eigenvalue weighted by molar-refractivity contribution is 5.77. The number of nitrogens with zero attached hydrogens (tertiary/aromatic N) is 2. The van der Waals surface area contributed by atoms with Crippen LogP contribution in [0, 0.1) is 5.41 Å². The van der Waals surface area contributed by atoms with E-state index in [1.165, 1.54) is 4.90 Å². The Balaban J connectivity index is 1.55. The van der Waals surface area contributed by atoms with Gasteiger partial charge in [-0.2, -0.15) is 0 Å². The van der Waals surface area contributed by atoms with Gasteiger partial charge in [-0.05, 0) is 12.0 Å². The first-order valence-corrected chi connectivity index (χ1v) is 8.48. The van der Waals surface area contributed by atoms with Crippen LogP contribution in [0.4, 0.5) is 13.6 Å². The lowest BCUT2D eigenvalue weighted by molar-refractivity contribution is -0.220. The van der Waals surface area contributed by atoms with E-state index in [-0.39, 0.29) is 38.6 Å². The van der Waals surface area contributed by atoms with Crippen molar-refractivity contribution in [1.29, 1.82) is 0 Å². The highest BCUT2D eigenvalue weighted by atomic mass is 19.3. The third kappa shape index (κ3) is 3.32. The molecule has 0 aromatic heterocycles. The Morgan fingerprint density at radius 1 is 1.12 bits per heavy atom. The Labute approximate surface area is 145 Å². The summed E-state index contributed by atoms with van der Waals surface area (Å²) in [5, 5.41) is 0. The molecule has 0 saturated carbocycles. The maximum Gasteiger partial charge on any atom is 0.410 e. The van der Waals surface area contributed by atoms with Crippen LogP contribution >= 0.6 is 0 Å². The van der Waals surface area contributed by atoms with E-state index >= 15 is 0 Å².